The van der Waals surface area contributed by atoms with Crippen LogP contribution in [0.3, 0.4) is 0 Å². The number of hydrogen-bond acceptors (Lipinski definition) is 2. The molecule has 1 aromatic heterocycles. The Labute approximate surface area is 123 Å². The van der Waals surface area contributed by atoms with Gasteiger partial charge in [0.05, 0.1) is 6.42 Å². The Kier molecular flexibility index (Phi) is 4.67. The number of likely N-dealkylation sites (tertiary alicyclic amines) is 1. The van der Waals surface area contributed by atoms with Crippen LogP contribution in [0.25, 0.3) is 0 Å². The van der Waals surface area contributed by atoms with Gasteiger partial charge >= 0.3 is 6.18 Å². The van der Waals surface area contributed by atoms with Gasteiger partial charge in [-0.25, -0.2) is 0 Å². The van der Waals surface area contributed by atoms with E-state index in [1.165, 1.54) is 6.20 Å². The zero-order valence-electron chi connectivity index (χ0n) is 10.7. The average Bonchev–Trinajstić information content (AvgIpc) is 2.40. The van der Waals surface area contributed by atoms with E-state index in [4.69, 9.17) is 0 Å². The molecule has 1 aromatic rings. The molecule has 1 unspecified atom stereocenters. The van der Waals surface area contributed by atoms with Crippen LogP contribution in [-0.4, -0.2) is 34.6 Å². The van der Waals surface area contributed by atoms with E-state index in [2.05, 4.69) is 20.9 Å². The van der Waals surface area contributed by atoms with Crippen molar-refractivity contribution in [3.63, 3.8) is 0 Å². The van der Waals surface area contributed by atoms with Crippen molar-refractivity contribution >= 4 is 21.8 Å². The predicted molar refractivity (Wildman–Crippen MR) is 71.0 cm³/mol. The molecule has 1 fully saturated rings. The highest BCUT2D eigenvalue weighted by Gasteiger charge is 2.46. The summed E-state index contributed by atoms with van der Waals surface area (Å²) >= 11 is 3.22. The quantitative estimate of drug-likeness (QED) is 0.819. The minimum absolute atomic E-state index is 0.0109. The highest BCUT2D eigenvalue weighted by Crippen LogP contribution is 2.32. The van der Waals surface area contributed by atoms with E-state index in [-0.39, 0.29) is 19.4 Å². The molecule has 1 aliphatic rings. The lowest BCUT2D eigenvalue weighted by molar-refractivity contribution is -0.195. The molecule has 0 N–H and O–H groups in total. The summed E-state index contributed by atoms with van der Waals surface area (Å²) < 4.78 is 39.5. The second kappa shape index (κ2) is 6.11. The average molecular weight is 351 g/mol. The molecule has 1 saturated heterocycles. The molecule has 20 heavy (non-hydrogen) atoms. The van der Waals surface area contributed by atoms with Gasteiger partial charge in [0.25, 0.3) is 0 Å². The van der Waals surface area contributed by atoms with Crippen LogP contribution >= 0.6 is 15.9 Å². The molecule has 1 amide bonds. The summed E-state index contributed by atoms with van der Waals surface area (Å²) in [6.07, 6.45) is -1.82. The van der Waals surface area contributed by atoms with E-state index in [0.29, 0.717) is 18.5 Å². The summed E-state index contributed by atoms with van der Waals surface area (Å²) in [4.78, 5) is 17.1. The number of alkyl halides is 3. The molecule has 7 heteroatoms. The second-order valence-corrected chi connectivity index (χ2v) is 5.70. The third-order valence-corrected chi connectivity index (χ3v) is 3.79. The van der Waals surface area contributed by atoms with Gasteiger partial charge in [0.15, 0.2) is 0 Å². The van der Waals surface area contributed by atoms with Crippen molar-refractivity contribution in [2.45, 2.75) is 37.9 Å². The summed E-state index contributed by atoms with van der Waals surface area (Å²) in [5, 5.41) is 0. The van der Waals surface area contributed by atoms with Gasteiger partial charge in [-0.2, -0.15) is 13.2 Å². The Hall–Kier alpha value is -1.11. The van der Waals surface area contributed by atoms with Gasteiger partial charge in [0.2, 0.25) is 5.91 Å². The van der Waals surface area contributed by atoms with Crippen LogP contribution in [0.1, 0.15) is 25.0 Å². The molecule has 3 nitrogen and oxygen atoms in total. The molecule has 0 spiro atoms. The van der Waals surface area contributed by atoms with Crippen LogP contribution in [0.15, 0.2) is 22.8 Å². The number of carbonyl (C=O) groups excluding carboxylic acids is 1. The molecule has 110 valence electrons. The number of aromatic nitrogens is 1. The number of amides is 1. The fourth-order valence-corrected chi connectivity index (χ4v) is 2.57. The first-order valence-electron chi connectivity index (χ1n) is 6.34. The SMILES string of the molecule is O=C(Cc1ccc(Br)cn1)N1CCCCC1C(F)(F)F. The minimum atomic E-state index is -4.36. The Morgan fingerprint density at radius 1 is 1.40 bits per heavy atom. The van der Waals surface area contributed by atoms with Gasteiger partial charge in [-0.05, 0) is 47.3 Å². The summed E-state index contributed by atoms with van der Waals surface area (Å²) in [7, 11) is 0. The van der Waals surface area contributed by atoms with Crippen LogP contribution in [0.4, 0.5) is 13.2 Å². The normalized spacial score (nSPS) is 20.0. The lowest BCUT2D eigenvalue weighted by atomic mass is 10.0. The van der Waals surface area contributed by atoms with E-state index < -0.39 is 18.1 Å². The number of nitrogens with zero attached hydrogens (tertiary/aromatic N) is 2. The van der Waals surface area contributed by atoms with Gasteiger partial charge in [-0.3, -0.25) is 9.78 Å². The molecule has 2 heterocycles. The first-order valence-corrected chi connectivity index (χ1v) is 7.14. The predicted octanol–water partition coefficient (Wildman–Crippen LogP) is 3.33. The number of carbonyl (C=O) groups is 1. The second-order valence-electron chi connectivity index (χ2n) is 4.78. The number of hydrogen-bond donors (Lipinski definition) is 0. The fourth-order valence-electron chi connectivity index (χ4n) is 2.34. The van der Waals surface area contributed by atoms with Crippen molar-refractivity contribution in [2.24, 2.45) is 0 Å². The van der Waals surface area contributed by atoms with E-state index in [1.54, 1.807) is 12.1 Å². The Morgan fingerprint density at radius 2 is 2.15 bits per heavy atom. The van der Waals surface area contributed by atoms with Crippen molar-refractivity contribution < 1.29 is 18.0 Å². The number of halogens is 4. The van der Waals surface area contributed by atoms with Gasteiger partial charge in [0, 0.05) is 22.9 Å². The molecule has 0 radical (unpaired) electrons. The van der Waals surface area contributed by atoms with E-state index in [9.17, 15) is 18.0 Å². The van der Waals surface area contributed by atoms with Gasteiger partial charge in [-0.15, -0.1) is 0 Å². The maximum Gasteiger partial charge on any atom is 0.408 e. The minimum Gasteiger partial charge on any atom is -0.330 e. The molecular weight excluding hydrogens is 337 g/mol. The van der Waals surface area contributed by atoms with Gasteiger partial charge in [0.1, 0.15) is 6.04 Å². The van der Waals surface area contributed by atoms with Crippen molar-refractivity contribution in [3.8, 4) is 0 Å². The largest absolute Gasteiger partial charge is 0.408 e. The van der Waals surface area contributed by atoms with Crippen molar-refractivity contribution in [3.05, 3.63) is 28.5 Å². The lowest BCUT2D eigenvalue weighted by Crippen LogP contribution is -2.51. The molecule has 0 aromatic carbocycles. The lowest BCUT2D eigenvalue weighted by Gasteiger charge is -2.36. The smallest absolute Gasteiger partial charge is 0.330 e. The number of pyridine rings is 1. The maximum atomic E-state index is 12.9. The molecule has 0 saturated carbocycles. The van der Waals surface area contributed by atoms with Crippen LogP contribution in [0.5, 0.6) is 0 Å². The highest BCUT2D eigenvalue weighted by atomic mass is 79.9. The van der Waals surface area contributed by atoms with Crippen molar-refractivity contribution in [1.29, 1.82) is 0 Å². The molecule has 0 aliphatic carbocycles. The molecule has 0 bridgehead atoms. The standard InChI is InChI=1S/C13H14BrF3N2O/c14-9-4-5-10(18-8-9)7-12(20)19-6-2-1-3-11(19)13(15,16)17/h4-5,8,11H,1-3,6-7H2. The summed E-state index contributed by atoms with van der Waals surface area (Å²) in [6.45, 7) is 0.166. The summed E-state index contributed by atoms with van der Waals surface area (Å²) in [5.41, 5.74) is 0.477. The van der Waals surface area contributed by atoms with Crippen molar-refractivity contribution in [2.75, 3.05) is 6.54 Å². The zero-order valence-corrected chi connectivity index (χ0v) is 12.2. The Morgan fingerprint density at radius 3 is 2.75 bits per heavy atom. The van der Waals surface area contributed by atoms with Crippen molar-refractivity contribution in [1.82, 2.24) is 9.88 Å². The highest BCUT2D eigenvalue weighted by molar-refractivity contribution is 9.10. The fraction of sp³-hybridized carbons (Fsp3) is 0.538. The Bertz CT molecular complexity index is 475. The van der Waals surface area contributed by atoms with Crippen LogP contribution in [0.2, 0.25) is 0 Å². The first-order chi connectivity index (χ1) is 9.38. The number of rotatable bonds is 2. The molecule has 1 atom stereocenters. The van der Waals surface area contributed by atoms with E-state index in [0.717, 1.165) is 9.37 Å². The maximum absolute atomic E-state index is 12.9. The molecule has 2 rings (SSSR count). The molecule has 1 aliphatic heterocycles. The van der Waals surface area contributed by atoms with Gasteiger partial charge < -0.3 is 4.90 Å². The topological polar surface area (TPSA) is 33.2 Å². The Balaban J connectivity index is 2.08. The van der Waals surface area contributed by atoms with Crippen LogP contribution in [0, 0.1) is 0 Å². The third kappa shape index (κ3) is 3.71. The summed E-state index contributed by atoms with van der Waals surface area (Å²) in [6, 6.07) is 1.70. The first kappa shape index (κ1) is 15.3. The van der Waals surface area contributed by atoms with Crippen LogP contribution in [-0.2, 0) is 11.2 Å². The summed E-state index contributed by atoms with van der Waals surface area (Å²) in [5.74, 6) is -0.512. The monoisotopic (exact) mass is 350 g/mol. The molecular formula is C13H14BrF3N2O. The van der Waals surface area contributed by atoms with E-state index in [1.807, 2.05) is 0 Å². The third-order valence-electron chi connectivity index (χ3n) is 3.32. The zero-order chi connectivity index (χ0) is 14.8. The van der Waals surface area contributed by atoms with E-state index >= 15 is 0 Å². The number of piperidine rings is 1. The van der Waals surface area contributed by atoms with Crippen LogP contribution < -0.4 is 0 Å². The van der Waals surface area contributed by atoms with Gasteiger partial charge in [-0.1, -0.05) is 0 Å².